The summed E-state index contributed by atoms with van der Waals surface area (Å²) in [5, 5.41) is 0. The first-order chi connectivity index (χ1) is 4.72. The summed E-state index contributed by atoms with van der Waals surface area (Å²) in [6.45, 7) is 4.35. The van der Waals surface area contributed by atoms with Gasteiger partial charge in [-0.2, -0.15) is 4.39 Å². The molecule has 0 amide bonds. The van der Waals surface area contributed by atoms with Gasteiger partial charge in [-0.25, -0.2) is 4.99 Å². The van der Waals surface area contributed by atoms with E-state index in [9.17, 15) is 4.39 Å². The first-order valence-corrected chi connectivity index (χ1v) is 4.39. The van der Waals surface area contributed by atoms with Gasteiger partial charge in [-0.05, 0) is 18.9 Å². The molecule has 0 aliphatic carbocycles. The summed E-state index contributed by atoms with van der Waals surface area (Å²) in [7, 11) is 0. The highest BCUT2D eigenvalue weighted by atomic mass is 127. The summed E-state index contributed by atoms with van der Waals surface area (Å²) in [5.41, 5.74) is 1.11. The van der Waals surface area contributed by atoms with Crippen LogP contribution in [0.15, 0.2) is 16.8 Å². The summed E-state index contributed by atoms with van der Waals surface area (Å²) in [6, 6.07) is 0. The summed E-state index contributed by atoms with van der Waals surface area (Å²) >= 11 is 2.31. The molecule has 0 saturated carbocycles. The van der Waals surface area contributed by atoms with Gasteiger partial charge < -0.3 is 0 Å². The van der Waals surface area contributed by atoms with E-state index < -0.39 is 0 Å². The average molecular weight is 255 g/mol. The fourth-order valence-corrected chi connectivity index (χ4v) is 0.709. The smallest absolute Gasteiger partial charge is 0.175 e. The Kier molecular flexibility index (Phi) is 5.87. The minimum atomic E-state index is 0.308. The molecule has 0 radical (unpaired) electrons. The van der Waals surface area contributed by atoms with Crippen molar-refractivity contribution < 1.29 is 4.39 Å². The SMILES string of the molecule is CCC(I)/C(C)=C\N=C\F. The number of rotatable bonds is 3. The van der Waals surface area contributed by atoms with E-state index >= 15 is 0 Å². The quantitative estimate of drug-likeness (QED) is 0.417. The molecule has 0 bridgehead atoms. The molecule has 0 aromatic rings. The molecule has 0 spiro atoms. The normalized spacial score (nSPS) is 16.2. The van der Waals surface area contributed by atoms with E-state index in [4.69, 9.17) is 0 Å². The summed E-state index contributed by atoms with van der Waals surface area (Å²) in [4.78, 5) is 3.38. The summed E-state index contributed by atoms with van der Waals surface area (Å²) in [5.74, 6) is 0. The Bertz CT molecular complexity index is 143. The predicted octanol–water partition coefficient (Wildman–Crippen LogP) is 3.10. The van der Waals surface area contributed by atoms with E-state index in [1.165, 1.54) is 0 Å². The van der Waals surface area contributed by atoms with Crippen molar-refractivity contribution in [2.75, 3.05) is 0 Å². The number of halogens is 2. The van der Waals surface area contributed by atoms with Crippen LogP contribution in [-0.4, -0.2) is 10.4 Å². The lowest BCUT2D eigenvalue weighted by Crippen LogP contribution is -1.95. The Balaban J connectivity index is 3.91. The lowest BCUT2D eigenvalue weighted by Gasteiger charge is -2.03. The van der Waals surface area contributed by atoms with Crippen LogP contribution in [0, 0.1) is 0 Å². The number of hydrogen-bond donors (Lipinski definition) is 0. The maximum atomic E-state index is 11.4. The van der Waals surface area contributed by atoms with Crippen molar-refractivity contribution in [1.29, 1.82) is 0 Å². The Labute approximate surface area is 74.6 Å². The molecule has 1 atom stereocenters. The van der Waals surface area contributed by atoms with Crippen molar-refractivity contribution >= 4 is 29.1 Å². The third-order valence-corrected chi connectivity index (χ3v) is 3.05. The highest BCUT2D eigenvalue weighted by molar-refractivity contribution is 14.1. The first-order valence-electron chi connectivity index (χ1n) is 3.15. The zero-order valence-electron chi connectivity index (χ0n) is 6.14. The number of allylic oxidation sites excluding steroid dienone is 1. The number of aliphatic imine (C=N–C) groups is 1. The molecule has 0 aromatic carbocycles. The van der Waals surface area contributed by atoms with Gasteiger partial charge in [-0.15, -0.1) is 0 Å². The second-order valence-corrected chi connectivity index (χ2v) is 3.50. The van der Waals surface area contributed by atoms with E-state index in [0.717, 1.165) is 12.0 Å². The topological polar surface area (TPSA) is 12.4 Å². The maximum Gasteiger partial charge on any atom is 0.175 e. The molecule has 1 unspecified atom stereocenters. The van der Waals surface area contributed by atoms with Gasteiger partial charge in [-0.1, -0.05) is 29.5 Å². The van der Waals surface area contributed by atoms with E-state index in [0.29, 0.717) is 10.4 Å². The van der Waals surface area contributed by atoms with Gasteiger partial charge >= 0.3 is 0 Å². The highest BCUT2D eigenvalue weighted by Crippen LogP contribution is 2.15. The minimum Gasteiger partial charge on any atom is -0.235 e. The molecule has 3 heteroatoms. The summed E-state index contributed by atoms with van der Waals surface area (Å²) in [6.07, 6.45) is 2.62. The van der Waals surface area contributed by atoms with Crippen LogP contribution < -0.4 is 0 Å². The van der Waals surface area contributed by atoms with Crippen molar-refractivity contribution in [2.24, 2.45) is 4.99 Å². The van der Waals surface area contributed by atoms with E-state index in [-0.39, 0.29) is 0 Å². The van der Waals surface area contributed by atoms with Gasteiger partial charge in [0.2, 0.25) is 0 Å². The lowest BCUT2D eigenvalue weighted by atomic mass is 10.2. The van der Waals surface area contributed by atoms with Crippen molar-refractivity contribution in [1.82, 2.24) is 0 Å². The number of hydrogen-bond acceptors (Lipinski definition) is 1. The van der Waals surface area contributed by atoms with Crippen LogP contribution >= 0.6 is 22.6 Å². The monoisotopic (exact) mass is 255 g/mol. The van der Waals surface area contributed by atoms with Crippen molar-refractivity contribution in [3.8, 4) is 0 Å². The van der Waals surface area contributed by atoms with Crippen LogP contribution in [0.5, 0.6) is 0 Å². The number of nitrogens with zero attached hydrogens (tertiary/aromatic N) is 1. The van der Waals surface area contributed by atoms with Crippen LogP contribution in [0.25, 0.3) is 0 Å². The van der Waals surface area contributed by atoms with Crippen LogP contribution in [0.3, 0.4) is 0 Å². The minimum absolute atomic E-state index is 0.308. The largest absolute Gasteiger partial charge is 0.235 e. The molecule has 1 nitrogen and oxygen atoms in total. The average Bonchev–Trinajstić information content (AvgIpc) is 1.98. The molecule has 0 fully saturated rings. The summed E-state index contributed by atoms with van der Waals surface area (Å²) < 4.78 is 11.9. The zero-order valence-corrected chi connectivity index (χ0v) is 8.30. The Morgan fingerprint density at radius 2 is 2.40 bits per heavy atom. The van der Waals surface area contributed by atoms with Gasteiger partial charge in [0.25, 0.3) is 0 Å². The molecule has 0 heterocycles. The molecule has 0 N–H and O–H groups in total. The van der Waals surface area contributed by atoms with Gasteiger partial charge in [0, 0.05) is 10.1 Å². The second kappa shape index (κ2) is 5.82. The third kappa shape index (κ3) is 3.98. The Morgan fingerprint density at radius 1 is 1.80 bits per heavy atom. The van der Waals surface area contributed by atoms with Gasteiger partial charge in [-0.3, -0.25) is 0 Å². The van der Waals surface area contributed by atoms with E-state index in [1.54, 1.807) is 6.20 Å². The Hall–Kier alpha value is 0.0700. The third-order valence-electron chi connectivity index (χ3n) is 1.19. The van der Waals surface area contributed by atoms with Gasteiger partial charge in [0.1, 0.15) is 0 Å². The molecule has 0 aliphatic rings. The lowest BCUT2D eigenvalue weighted by molar-refractivity contribution is 0.839. The van der Waals surface area contributed by atoms with E-state index in [2.05, 4.69) is 34.5 Å². The number of alkyl halides is 1. The molecular weight excluding hydrogens is 244 g/mol. The maximum absolute atomic E-state index is 11.4. The van der Waals surface area contributed by atoms with Crippen LogP contribution in [0.1, 0.15) is 20.3 Å². The van der Waals surface area contributed by atoms with Gasteiger partial charge in [0.05, 0.1) is 0 Å². The molecule has 0 rings (SSSR count). The van der Waals surface area contributed by atoms with Crippen molar-refractivity contribution in [3.63, 3.8) is 0 Å². The fraction of sp³-hybridized carbons (Fsp3) is 0.571. The highest BCUT2D eigenvalue weighted by Gasteiger charge is 2.00. The predicted molar refractivity (Wildman–Crippen MR) is 51.5 cm³/mol. The first kappa shape index (κ1) is 10.1. The van der Waals surface area contributed by atoms with Crippen LogP contribution in [0.4, 0.5) is 4.39 Å². The molecule has 58 valence electrons. The fourth-order valence-electron chi connectivity index (χ4n) is 0.549. The molecule has 0 aliphatic heterocycles. The van der Waals surface area contributed by atoms with Crippen molar-refractivity contribution in [2.45, 2.75) is 24.2 Å². The zero-order chi connectivity index (χ0) is 7.98. The molecule has 10 heavy (non-hydrogen) atoms. The van der Waals surface area contributed by atoms with Gasteiger partial charge in [0.15, 0.2) is 6.47 Å². The van der Waals surface area contributed by atoms with Crippen LogP contribution in [0.2, 0.25) is 0 Å². The van der Waals surface area contributed by atoms with Crippen molar-refractivity contribution in [3.05, 3.63) is 11.8 Å². The molecule has 0 saturated heterocycles. The Morgan fingerprint density at radius 3 is 2.80 bits per heavy atom. The molecule has 0 aromatic heterocycles. The second-order valence-electron chi connectivity index (χ2n) is 2.00. The standard InChI is InChI=1S/C7H11FIN/c1-3-7(9)6(2)4-10-5-8/h4-5,7H,3H2,1-2H3/b6-4-,10-5+. The molecular formula is C7H11FIN. The van der Waals surface area contributed by atoms with Crippen LogP contribution in [-0.2, 0) is 0 Å². The van der Waals surface area contributed by atoms with E-state index in [1.807, 2.05) is 6.92 Å².